The first-order valence-corrected chi connectivity index (χ1v) is 7.57. The van der Waals surface area contributed by atoms with E-state index in [9.17, 15) is 4.79 Å². The third-order valence-corrected chi connectivity index (χ3v) is 3.96. The summed E-state index contributed by atoms with van der Waals surface area (Å²) >= 11 is 6.04. The summed E-state index contributed by atoms with van der Waals surface area (Å²) in [7, 11) is 1.68. The molecule has 0 saturated carbocycles. The fraction of sp³-hybridized carbons (Fsp3) is 0.0588. The van der Waals surface area contributed by atoms with Crippen molar-refractivity contribution in [3.63, 3.8) is 0 Å². The lowest BCUT2D eigenvalue weighted by Crippen LogP contribution is -2.25. The van der Waals surface area contributed by atoms with Crippen molar-refractivity contribution in [3.05, 3.63) is 59.1 Å². The Kier molecular flexibility index (Phi) is 3.39. The first-order chi connectivity index (χ1) is 11.6. The molecule has 4 rings (SSSR count). The molecule has 1 aromatic heterocycles. The highest BCUT2D eigenvalue weighted by atomic mass is 35.5. The lowest BCUT2D eigenvalue weighted by Gasteiger charge is -2.07. The molecule has 0 radical (unpaired) electrons. The molecule has 24 heavy (non-hydrogen) atoms. The Hall–Kier alpha value is -2.99. The van der Waals surface area contributed by atoms with E-state index < -0.39 is 0 Å². The number of rotatable bonds is 2. The average molecular weight is 339 g/mol. The summed E-state index contributed by atoms with van der Waals surface area (Å²) in [5, 5.41) is 8.40. The van der Waals surface area contributed by atoms with Crippen molar-refractivity contribution in [2.75, 3.05) is 11.9 Å². The van der Waals surface area contributed by atoms with E-state index in [2.05, 4.69) is 15.2 Å². The Bertz CT molecular complexity index is 966. The van der Waals surface area contributed by atoms with Gasteiger partial charge in [-0.3, -0.25) is 4.79 Å². The van der Waals surface area contributed by atoms with Gasteiger partial charge in [0, 0.05) is 23.2 Å². The number of carbonyl (C=O) groups excluding carboxylic acids is 1. The fourth-order valence-corrected chi connectivity index (χ4v) is 2.71. The molecule has 0 N–H and O–H groups in total. The molecule has 0 bridgehead atoms. The lowest BCUT2D eigenvalue weighted by atomic mass is 10.1. The van der Waals surface area contributed by atoms with Crippen LogP contribution in [0.2, 0.25) is 5.02 Å². The first kappa shape index (κ1) is 14.6. The zero-order chi connectivity index (χ0) is 16.7. The fourth-order valence-electron chi connectivity index (χ4n) is 2.54. The maximum atomic E-state index is 12.4. The molecule has 0 spiro atoms. The SMILES string of the molecule is CN1C(=O)/C(=N/c2nnc(-c3ccccc3)o2)c2cc(Cl)ccc21. The quantitative estimate of drug-likeness (QED) is 0.717. The van der Waals surface area contributed by atoms with E-state index in [-0.39, 0.29) is 17.6 Å². The van der Waals surface area contributed by atoms with Crippen molar-refractivity contribution in [2.24, 2.45) is 4.99 Å². The van der Waals surface area contributed by atoms with Gasteiger partial charge in [0.25, 0.3) is 5.91 Å². The topological polar surface area (TPSA) is 71.6 Å². The predicted octanol–water partition coefficient (Wildman–Crippen LogP) is 3.49. The molecule has 1 aliphatic rings. The summed E-state index contributed by atoms with van der Waals surface area (Å²) < 4.78 is 5.55. The van der Waals surface area contributed by atoms with Crippen molar-refractivity contribution in [2.45, 2.75) is 0 Å². The third kappa shape index (κ3) is 2.37. The maximum absolute atomic E-state index is 12.4. The minimum absolute atomic E-state index is 0.0263. The van der Waals surface area contributed by atoms with Crippen LogP contribution in [0.25, 0.3) is 11.5 Å². The smallest absolute Gasteiger partial charge is 0.343 e. The number of fused-ring (bicyclic) bond motifs is 1. The summed E-state index contributed by atoms with van der Waals surface area (Å²) in [6, 6.07) is 14.6. The largest absolute Gasteiger partial charge is 0.402 e. The Morgan fingerprint density at radius 2 is 1.92 bits per heavy atom. The number of anilines is 1. The molecule has 0 fully saturated rings. The van der Waals surface area contributed by atoms with E-state index in [0.717, 1.165) is 11.3 Å². The molecule has 2 heterocycles. The van der Waals surface area contributed by atoms with Gasteiger partial charge >= 0.3 is 6.01 Å². The number of likely N-dealkylation sites (N-methyl/N-ethyl adjacent to an activating group) is 1. The van der Waals surface area contributed by atoms with Gasteiger partial charge in [0.15, 0.2) is 0 Å². The van der Waals surface area contributed by atoms with Crippen molar-refractivity contribution < 1.29 is 9.21 Å². The third-order valence-electron chi connectivity index (χ3n) is 3.72. The highest BCUT2D eigenvalue weighted by Gasteiger charge is 2.32. The molecular weight excluding hydrogens is 328 g/mol. The number of carbonyl (C=O) groups is 1. The number of aromatic nitrogens is 2. The molecule has 1 amide bonds. The monoisotopic (exact) mass is 338 g/mol. The number of amides is 1. The minimum Gasteiger partial charge on any atom is -0.402 e. The van der Waals surface area contributed by atoms with Crippen molar-refractivity contribution in [3.8, 4) is 11.5 Å². The van der Waals surface area contributed by atoms with Gasteiger partial charge in [-0.05, 0) is 30.3 Å². The molecule has 3 aromatic rings. The number of hydrogen-bond acceptors (Lipinski definition) is 5. The molecular formula is C17H11ClN4O2. The van der Waals surface area contributed by atoms with Crippen LogP contribution in [0.3, 0.4) is 0 Å². The second-order valence-corrected chi connectivity index (χ2v) is 5.68. The maximum Gasteiger partial charge on any atom is 0.343 e. The van der Waals surface area contributed by atoms with E-state index >= 15 is 0 Å². The number of benzene rings is 2. The van der Waals surface area contributed by atoms with Gasteiger partial charge in [-0.1, -0.05) is 34.9 Å². The molecule has 7 heteroatoms. The Morgan fingerprint density at radius 1 is 1.12 bits per heavy atom. The van der Waals surface area contributed by atoms with Crippen LogP contribution in [-0.4, -0.2) is 28.9 Å². The lowest BCUT2D eigenvalue weighted by molar-refractivity contribution is -0.111. The standard InChI is InChI=1S/C17H11ClN4O2/c1-22-13-8-7-11(18)9-12(13)14(16(22)23)19-17-21-20-15(24-17)10-5-3-2-4-6-10/h2-9H,1H3/b19-14+. The average Bonchev–Trinajstić information content (AvgIpc) is 3.15. The molecule has 0 unspecified atom stereocenters. The summed E-state index contributed by atoms with van der Waals surface area (Å²) in [5.74, 6) is 0.104. The minimum atomic E-state index is -0.244. The molecule has 118 valence electrons. The van der Waals surface area contributed by atoms with Gasteiger partial charge in [0.05, 0.1) is 5.69 Å². The highest BCUT2D eigenvalue weighted by molar-refractivity contribution is 6.54. The second-order valence-electron chi connectivity index (χ2n) is 5.24. The van der Waals surface area contributed by atoms with Crippen LogP contribution in [0.5, 0.6) is 0 Å². The van der Waals surface area contributed by atoms with E-state index in [1.54, 1.807) is 25.2 Å². The van der Waals surface area contributed by atoms with Crippen molar-refractivity contribution in [1.29, 1.82) is 0 Å². The van der Waals surface area contributed by atoms with Crippen molar-refractivity contribution in [1.82, 2.24) is 10.2 Å². The van der Waals surface area contributed by atoms with Gasteiger partial charge in [-0.15, -0.1) is 5.10 Å². The number of halogens is 1. The number of nitrogens with zero attached hydrogens (tertiary/aromatic N) is 4. The molecule has 0 aliphatic carbocycles. The molecule has 0 atom stereocenters. The zero-order valence-corrected chi connectivity index (χ0v) is 13.4. The van der Waals surface area contributed by atoms with Crippen LogP contribution in [0.4, 0.5) is 11.7 Å². The Morgan fingerprint density at radius 3 is 2.71 bits per heavy atom. The molecule has 1 aliphatic heterocycles. The van der Waals surface area contributed by atoms with Crippen LogP contribution in [-0.2, 0) is 4.79 Å². The predicted molar refractivity (Wildman–Crippen MR) is 90.8 cm³/mol. The van der Waals surface area contributed by atoms with Crippen LogP contribution in [0.15, 0.2) is 57.9 Å². The highest BCUT2D eigenvalue weighted by Crippen LogP contribution is 2.32. The zero-order valence-electron chi connectivity index (χ0n) is 12.6. The van der Waals surface area contributed by atoms with E-state index in [1.807, 2.05) is 30.3 Å². The van der Waals surface area contributed by atoms with Crippen LogP contribution >= 0.6 is 11.6 Å². The van der Waals surface area contributed by atoms with E-state index in [0.29, 0.717) is 16.5 Å². The Labute approximate surface area is 142 Å². The molecule has 2 aromatic carbocycles. The summed E-state index contributed by atoms with van der Waals surface area (Å²) in [6.07, 6.45) is 0. The summed E-state index contributed by atoms with van der Waals surface area (Å²) in [6.45, 7) is 0. The first-order valence-electron chi connectivity index (χ1n) is 7.19. The van der Waals surface area contributed by atoms with Gasteiger partial charge in [0.2, 0.25) is 5.89 Å². The van der Waals surface area contributed by atoms with Gasteiger partial charge < -0.3 is 9.32 Å². The summed E-state index contributed by atoms with van der Waals surface area (Å²) in [4.78, 5) is 18.2. The summed E-state index contributed by atoms with van der Waals surface area (Å²) in [5.41, 5.74) is 2.41. The van der Waals surface area contributed by atoms with Crippen LogP contribution < -0.4 is 4.90 Å². The number of aliphatic imine (C=N–C) groups is 1. The van der Waals surface area contributed by atoms with Crippen molar-refractivity contribution >= 4 is 34.9 Å². The van der Waals surface area contributed by atoms with E-state index in [1.165, 1.54) is 4.90 Å². The van der Waals surface area contributed by atoms with Gasteiger partial charge in [-0.2, -0.15) is 4.99 Å². The van der Waals surface area contributed by atoms with Gasteiger partial charge in [0.1, 0.15) is 5.71 Å². The van der Waals surface area contributed by atoms with E-state index in [4.69, 9.17) is 16.0 Å². The molecule has 6 nitrogen and oxygen atoms in total. The Balaban J connectivity index is 1.76. The second kappa shape index (κ2) is 5.58. The number of hydrogen-bond donors (Lipinski definition) is 0. The van der Waals surface area contributed by atoms with Crippen LogP contribution in [0, 0.1) is 0 Å². The molecule has 0 saturated heterocycles. The normalized spacial score (nSPS) is 15.2. The van der Waals surface area contributed by atoms with Gasteiger partial charge in [-0.25, -0.2) is 0 Å². The van der Waals surface area contributed by atoms with Crippen LogP contribution in [0.1, 0.15) is 5.56 Å².